The number of rotatable bonds is 8. The molecule has 0 fully saturated rings. The number of hydrogen-bond donors (Lipinski definition) is 2. The van der Waals surface area contributed by atoms with Crippen molar-refractivity contribution in [1.82, 2.24) is 5.32 Å². The van der Waals surface area contributed by atoms with Crippen LogP contribution in [0.25, 0.3) is 0 Å². The zero-order valence-corrected chi connectivity index (χ0v) is 14.0. The highest BCUT2D eigenvalue weighted by Gasteiger charge is 2.23. The topological polar surface area (TPSA) is 144 Å². The molecule has 0 aliphatic carbocycles. The van der Waals surface area contributed by atoms with Gasteiger partial charge in [-0.2, -0.15) is 0 Å². The number of nitro groups is 1. The Bertz CT molecular complexity index is 758. The Balaban J connectivity index is 3.19. The Labute approximate surface area is 138 Å². The van der Waals surface area contributed by atoms with Gasteiger partial charge in [-0.15, -0.1) is 0 Å². The number of nitrogens with one attached hydrogen (secondary N) is 1. The lowest BCUT2D eigenvalue weighted by atomic mass is 10.1. The Morgan fingerprint density at radius 2 is 1.96 bits per heavy atom. The van der Waals surface area contributed by atoms with E-state index in [0.717, 1.165) is 30.9 Å². The molecule has 0 aliphatic heterocycles. The molecule has 24 heavy (non-hydrogen) atoms. The van der Waals surface area contributed by atoms with Crippen LogP contribution in [0, 0.1) is 10.1 Å². The molecular formula is C14H18N2O7S. The number of carbonyl (C=O) groups is 2. The second-order valence-corrected chi connectivity index (χ2v) is 7.27. The van der Waals surface area contributed by atoms with Gasteiger partial charge < -0.3 is 10.4 Å². The molecule has 1 amide bonds. The van der Waals surface area contributed by atoms with E-state index >= 15 is 0 Å². The fraction of sp³-hybridized carbons (Fsp3) is 0.429. The van der Waals surface area contributed by atoms with E-state index in [-0.39, 0.29) is 16.9 Å². The molecule has 0 radical (unpaired) electrons. The third kappa shape index (κ3) is 5.30. The fourth-order valence-corrected chi connectivity index (χ4v) is 2.62. The predicted molar refractivity (Wildman–Crippen MR) is 84.6 cm³/mol. The number of hydrogen-bond acceptors (Lipinski definition) is 6. The molecule has 10 heteroatoms. The summed E-state index contributed by atoms with van der Waals surface area (Å²) in [6.07, 6.45) is 2.36. The number of nitrogens with zero attached hydrogens (tertiary/aromatic N) is 1. The summed E-state index contributed by atoms with van der Waals surface area (Å²) < 4.78 is 23.2. The van der Waals surface area contributed by atoms with Crippen molar-refractivity contribution in [2.45, 2.75) is 37.1 Å². The molecule has 1 atom stereocenters. The number of non-ortho nitro benzene ring substituents is 1. The van der Waals surface area contributed by atoms with Crippen molar-refractivity contribution in [1.29, 1.82) is 0 Å². The monoisotopic (exact) mass is 358 g/mol. The Hall–Kier alpha value is -2.49. The van der Waals surface area contributed by atoms with Crippen LogP contribution in [0.4, 0.5) is 5.69 Å². The van der Waals surface area contributed by atoms with E-state index in [9.17, 15) is 28.1 Å². The zero-order valence-electron chi connectivity index (χ0n) is 13.2. The summed E-state index contributed by atoms with van der Waals surface area (Å²) in [6.45, 7) is 1.86. The van der Waals surface area contributed by atoms with Gasteiger partial charge in [0.25, 0.3) is 11.6 Å². The van der Waals surface area contributed by atoms with Crippen LogP contribution >= 0.6 is 0 Å². The van der Waals surface area contributed by atoms with Gasteiger partial charge >= 0.3 is 5.97 Å². The normalized spacial score (nSPS) is 12.4. The molecule has 0 saturated heterocycles. The minimum Gasteiger partial charge on any atom is -0.480 e. The maximum atomic E-state index is 12.2. The van der Waals surface area contributed by atoms with Gasteiger partial charge in [-0.1, -0.05) is 19.8 Å². The molecule has 132 valence electrons. The maximum Gasteiger partial charge on any atom is 0.326 e. The van der Waals surface area contributed by atoms with Gasteiger partial charge in [-0.25, -0.2) is 13.2 Å². The quantitative estimate of drug-likeness (QED) is 0.527. The van der Waals surface area contributed by atoms with Gasteiger partial charge in [0.1, 0.15) is 6.04 Å². The lowest BCUT2D eigenvalue weighted by molar-refractivity contribution is -0.385. The summed E-state index contributed by atoms with van der Waals surface area (Å²) >= 11 is 0. The second kappa shape index (κ2) is 7.86. The van der Waals surface area contributed by atoms with Crippen LogP contribution in [0.3, 0.4) is 0 Å². The summed E-state index contributed by atoms with van der Waals surface area (Å²) in [5, 5.41) is 22.3. The van der Waals surface area contributed by atoms with Gasteiger partial charge in [0.2, 0.25) is 0 Å². The number of carboxylic acids is 1. The number of unbranched alkanes of at least 4 members (excludes halogenated alkanes) is 1. The number of amides is 1. The average molecular weight is 358 g/mol. The van der Waals surface area contributed by atoms with Crippen molar-refractivity contribution < 1.29 is 28.0 Å². The van der Waals surface area contributed by atoms with Crippen molar-refractivity contribution in [2.75, 3.05) is 6.26 Å². The van der Waals surface area contributed by atoms with Crippen LogP contribution in [0.2, 0.25) is 0 Å². The summed E-state index contributed by atoms with van der Waals surface area (Å²) in [5.41, 5.74) is -0.851. The van der Waals surface area contributed by atoms with E-state index in [0.29, 0.717) is 6.42 Å². The molecule has 1 rings (SSSR count). The molecule has 0 saturated carbocycles. The van der Waals surface area contributed by atoms with Gasteiger partial charge in [-0.3, -0.25) is 14.9 Å². The Kier molecular flexibility index (Phi) is 6.41. The van der Waals surface area contributed by atoms with Crippen molar-refractivity contribution in [3.63, 3.8) is 0 Å². The molecule has 0 heterocycles. The van der Waals surface area contributed by atoms with E-state index < -0.39 is 38.4 Å². The first-order chi connectivity index (χ1) is 11.1. The summed E-state index contributed by atoms with van der Waals surface area (Å²) in [7, 11) is -3.77. The van der Waals surface area contributed by atoms with E-state index in [2.05, 4.69) is 5.32 Å². The standard InChI is InChI=1S/C14H18N2O7S/c1-3-4-5-12(14(18)19)15-13(17)9-6-10(16(20)21)8-11(7-9)24(2,22)23/h6-8,12H,3-5H2,1-2H3,(H,15,17)(H,18,19). The number of nitro benzene ring substituents is 1. The molecule has 1 aromatic carbocycles. The molecule has 2 N–H and O–H groups in total. The summed E-state index contributed by atoms with van der Waals surface area (Å²) in [5.74, 6) is -2.11. The van der Waals surface area contributed by atoms with Crippen LogP contribution in [0.1, 0.15) is 36.5 Å². The molecular weight excluding hydrogens is 340 g/mol. The van der Waals surface area contributed by atoms with Gasteiger partial charge in [0, 0.05) is 24.0 Å². The molecule has 0 aromatic heterocycles. The van der Waals surface area contributed by atoms with Crippen LogP contribution in [-0.2, 0) is 14.6 Å². The molecule has 0 spiro atoms. The van der Waals surface area contributed by atoms with Crippen molar-refractivity contribution in [2.24, 2.45) is 0 Å². The zero-order chi connectivity index (χ0) is 18.5. The lowest BCUT2D eigenvalue weighted by Crippen LogP contribution is -2.40. The van der Waals surface area contributed by atoms with Crippen LogP contribution < -0.4 is 5.32 Å². The van der Waals surface area contributed by atoms with Gasteiger partial charge in [0.15, 0.2) is 9.84 Å². The number of carboxylic acid groups (broad SMARTS) is 1. The highest BCUT2D eigenvalue weighted by atomic mass is 32.2. The largest absolute Gasteiger partial charge is 0.480 e. The third-order valence-corrected chi connectivity index (χ3v) is 4.33. The van der Waals surface area contributed by atoms with Gasteiger partial charge in [0.05, 0.1) is 9.82 Å². The van der Waals surface area contributed by atoms with E-state index in [1.54, 1.807) is 0 Å². The molecule has 0 aliphatic rings. The number of aliphatic carboxylic acids is 1. The van der Waals surface area contributed by atoms with Crippen LogP contribution in [-0.4, -0.2) is 42.6 Å². The SMILES string of the molecule is CCCCC(NC(=O)c1cc([N+](=O)[O-])cc(S(C)(=O)=O)c1)C(=O)O. The minimum absolute atomic E-state index is 0.200. The average Bonchev–Trinajstić information content (AvgIpc) is 2.49. The van der Waals surface area contributed by atoms with Gasteiger partial charge in [-0.05, 0) is 12.5 Å². The highest BCUT2D eigenvalue weighted by Crippen LogP contribution is 2.21. The summed E-state index contributed by atoms with van der Waals surface area (Å²) in [6, 6.07) is 1.58. The second-order valence-electron chi connectivity index (χ2n) is 5.25. The molecule has 0 bridgehead atoms. The highest BCUT2D eigenvalue weighted by molar-refractivity contribution is 7.90. The molecule has 1 aromatic rings. The van der Waals surface area contributed by atoms with Crippen molar-refractivity contribution in [3.8, 4) is 0 Å². The van der Waals surface area contributed by atoms with Crippen LogP contribution in [0.15, 0.2) is 23.1 Å². The number of carbonyl (C=O) groups excluding carboxylic acids is 1. The van der Waals surface area contributed by atoms with Crippen molar-refractivity contribution in [3.05, 3.63) is 33.9 Å². The summed E-state index contributed by atoms with van der Waals surface area (Å²) in [4.78, 5) is 33.0. The fourth-order valence-electron chi connectivity index (χ4n) is 1.94. The third-order valence-electron chi connectivity index (χ3n) is 3.24. The Morgan fingerprint density at radius 1 is 1.33 bits per heavy atom. The van der Waals surface area contributed by atoms with E-state index in [4.69, 9.17) is 5.11 Å². The molecule has 1 unspecified atom stereocenters. The lowest BCUT2D eigenvalue weighted by Gasteiger charge is -2.14. The van der Waals surface area contributed by atoms with Crippen LogP contribution in [0.5, 0.6) is 0 Å². The predicted octanol–water partition coefficient (Wildman–Crippen LogP) is 1.37. The maximum absolute atomic E-state index is 12.2. The minimum atomic E-state index is -3.77. The Morgan fingerprint density at radius 3 is 2.42 bits per heavy atom. The smallest absolute Gasteiger partial charge is 0.326 e. The van der Waals surface area contributed by atoms with E-state index in [1.165, 1.54) is 0 Å². The first kappa shape index (κ1) is 19.6. The molecule has 9 nitrogen and oxygen atoms in total. The van der Waals surface area contributed by atoms with E-state index in [1.807, 2.05) is 6.92 Å². The first-order valence-corrected chi connectivity index (χ1v) is 8.98. The number of benzene rings is 1. The number of sulfone groups is 1. The first-order valence-electron chi connectivity index (χ1n) is 7.09. The van der Waals surface area contributed by atoms with Crippen molar-refractivity contribution >= 4 is 27.4 Å².